The average molecular weight is 392 g/mol. The number of fused-ring (bicyclic) bond motifs is 1. The number of piperidine rings is 1. The summed E-state index contributed by atoms with van der Waals surface area (Å²) in [6.07, 6.45) is -1.18. The van der Waals surface area contributed by atoms with Crippen LogP contribution in [0.1, 0.15) is 40.5 Å². The predicted molar refractivity (Wildman–Crippen MR) is 94.6 cm³/mol. The number of likely N-dealkylation sites (tertiary alicyclic amines) is 1. The van der Waals surface area contributed by atoms with Crippen LogP contribution in [0, 0.1) is 6.92 Å². The molecular weight excluding hydrogens is 373 g/mol. The van der Waals surface area contributed by atoms with E-state index in [2.05, 4.69) is 15.4 Å². The Labute approximate surface area is 158 Å². The summed E-state index contributed by atoms with van der Waals surface area (Å²) in [5.41, 5.74) is 1.20. The zero-order chi connectivity index (χ0) is 20.1. The summed E-state index contributed by atoms with van der Waals surface area (Å²) in [7, 11) is 1.76. The first-order valence-corrected chi connectivity index (χ1v) is 8.95. The van der Waals surface area contributed by atoms with E-state index < -0.39 is 11.7 Å². The maximum Gasteiger partial charge on any atom is 0.416 e. The second kappa shape index (κ2) is 6.61. The monoisotopic (exact) mass is 392 g/mol. The largest absolute Gasteiger partial charge is 0.416 e. The molecule has 1 atom stereocenters. The van der Waals surface area contributed by atoms with Crippen LogP contribution < -0.4 is 0 Å². The van der Waals surface area contributed by atoms with Gasteiger partial charge in [-0.3, -0.25) is 9.48 Å². The van der Waals surface area contributed by atoms with E-state index in [9.17, 15) is 18.0 Å². The molecule has 1 amide bonds. The van der Waals surface area contributed by atoms with E-state index in [1.54, 1.807) is 34.4 Å². The number of alkyl halides is 3. The Bertz CT molecular complexity index is 1040. The highest BCUT2D eigenvalue weighted by Gasteiger charge is 2.32. The molecule has 148 valence electrons. The smallest absolute Gasteiger partial charge is 0.336 e. The van der Waals surface area contributed by atoms with Crippen LogP contribution in [0.4, 0.5) is 13.2 Å². The lowest BCUT2D eigenvalue weighted by Crippen LogP contribution is -2.41. The molecule has 0 bridgehead atoms. The molecule has 1 saturated heterocycles. The molecule has 4 rings (SSSR count). The van der Waals surface area contributed by atoms with Crippen LogP contribution in [-0.2, 0) is 13.2 Å². The Balaban J connectivity index is 1.59. The summed E-state index contributed by atoms with van der Waals surface area (Å²) in [4.78, 5) is 14.6. The minimum atomic E-state index is -4.42. The van der Waals surface area contributed by atoms with Crippen LogP contribution in [-0.4, -0.2) is 48.7 Å². The third kappa shape index (κ3) is 3.23. The fraction of sp³-hybridized carbons (Fsp3) is 0.444. The zero-order valence-corrected chi connectivity index (χ0v) is 15.4. The van der Waals surface area contributed by atoms with Crippen molar-refractivity contribution in [1.29, 1.82) is 0 Å². The Hall–Kier alpha value is -2.91. The number of carbonyl (C=O) groups excluding carboxylic acids is 1. The molecule has 1 aliphatic heterocycles. The van der Waals surface area contributed by atoms with Crippen LogP contribution >= 0.6 is 0 Å². The first-order valence-electron chi connectivity index (χ1n) is 8.95. The third-order valence-corrected chi connectivity index (χ3v) is 5.07. The Morgan fingerprint density at radius 1 is 1.29 bits per heavy atom. The number of rotatable bonds is 2. The van der Waals surface area contributed by atoms with Gasteiger partial charge >= 0.3 is 6.18 Å². The van der Waals surface area contributed by atoms with Crippen LogP contribution in [0.3, 0.4) is 0 Å². The summed E-state index contributed by atoms with van der Waals surface area (Å²) in [6, 6.07) is 3.29. The number of aryl methyl sites for hydroxylation is 2. The van der Waals surface area contributed by atoms with Crippen molar-refractivity contribution in [2.75, 3.05) is 13.1 Å². The maximum absolute atomic E-state index is 12.9. The van der Waals surface area contributed by atoms with Gasteiger partial charge in [0.15, 0.2) is 0 Å². The second-order valence-corrected chi connectivity index (χ2v) is 7.08. The molecule has 3 aromatic rings. The van der Waals surface area contributed by atoms with Gasteiger partial charge in [-0.2, -0.15) is 18.3 Å². The molecule has 0 radical (unpaired) electrons. The lowest BCUT2D eigenvalue weighted by Gasteiger charge is -2.32. The number of halogens is 3. The number of amides is 1. The van der Waals surface area contributed by atoms with Gasteiger partial charge in [-0.05, 0) is 38.0 Å². The third-order valence-electron chi connectivity index (χ3n) is 5.07. The van der Waals surface area contributed by atoms with Gasteiger partial charge in [-0.1, -0.05) is 5.21 Å². The molecule has 7 nitrogen and oxygen atoms in total. The Morgan fingerprint density at radius 2 is 2.07 bits per heavy atom. The van der Waals surface area contributed by atoms with Crippen molar-refractivity contribution < 1.29 is 18.0 Å². The molecule has 1 aliphatic rings. The van der Waals surface area contributed by atoms with E-state index in [0.29, 0.717) is 29.9 Å². The molecular formula is C18H19F3N6O. The first kappa shape index (κ1) is 18.5. The quantitative estimate of drug-likeness (QED) is 0.672. The van der Waals surface area contributed by atoms with Gasteiger partial charge in [-0.25, -0.2) is 4.68 Å². The van der Waals surface area contributed by atoms with Gasteiger partial charge in [0.1, 0.15) is 5.52 Å². The van der Waals surface area contributed by atoms with Crippen molar-refractivity contribution in [1.82, 2.24) is 29.7 Å². The number of hydrogen-bond acceptors (Lipinski definition) is 4. The molecule has 28 heavy (non-hydrogen) atoms. The molecule has 1 unspecified atom stereocenters. The lowest BCUT2D eigenvalue weighted by atomic mass is 10.0. The molecule has 2 aromatic heterocycles. The van der Waals surface area contributed by atoms with Gasteiger partial charge in [0.05, 0.1) is 28.4 Å². The van der Waals surface area contributed by atoms with E-state index >= 15 is 0 Å². The number of carbonyl (C=O) groups is 1. The van der Waals surface area contributed by atoms with Crippen LogP contribution in [0.5, 0.6) is 0 Å². The van der Waals surface area contributed by atoms with Crippen molar-refractivity contribution in [3.63, 3.8) is 0 Å². The first-order chi connectivity index (χ1) is 13.2. The summed E-state index contributed by atoms with van der Waals surface area (Å²) in [5, 5.41) is 12.2. The SMILES string of the molecule is Cc1nn(C)cc1C(=O)N1CCCC(n2nnc3cc(C(F)(F)F)ccc32)C1. The topological polar surface area (TPSA) is 68.8 Å². The van der Waals surface area contributed by atoms with Gasteiger partial charge in [0.2, 0.25) is 0 Å². The van der Waals surface area contributed by atoms with E-state index in [0.717, 1.165) is 25.0 Å². The lowest BCUT2D eigenvalue weighted by molar-refractivity contribution is -0.137. The Morgan fingerprint density at radius 3 is 2.75 bits per heavy atom. The van der Waals surface area contributed by atoms with Crippen molar-refractivity contribution in [2.24, 2.45) is 7.05 Å². The molecule has 3 heterocycles. The number of hydrogen-bond donors (Lipinski definition) is 0. The van der Waals surface area contributed by atoms with E-state index in [4.69, 9.17) is 0 Å². The summed E-state index contributed by atoms with van der Waals surface area (Å²) in [5.74, 6) is -0.0981. The van der Waals surface area contributed by atoms with Crippen molar-refractivity contribution in [2.45, 2.75) is 32.0 Å². The standard InChI is InChI=1S/C18H19F3N6O/c1-11-14(10-25(2)23-11)17(28)26-7-3-4-13(9-26)27-16-6-5-12(18(19,20)21)8-15(16)22-24-27/h5-6,8,10,13H,3-4,7,9H2,1-2H3. The molecule has 0 saturated carbocycles. The number of benzene rings is 1. The average Bonchev–Trinajstić information content (AvgIpc) is 3.22. The summed E-state index contributed by atoms with van der Waals surface area (Å²) < 4.78 is 42.0. The molecule has 0 spiro atoms. The maximum atomic E-state index is 12.9. The highest BCUT2D eigenvalue weighted by atomic mass is 19.4. The fourth-order valence-electron chi connectivity index (χ4n) is 3.71. The number of nitrogens with zero attached hydrogens (tertiary/aromatic N) is 6. The van der Waals surface area contributed by atoms with Crippen LogP contribution in [0.25, 0.3) is 11.0 Å². The number of aromatic nitrogens is 5. The van der Waals surface area contributed by atoms with Gasteiger partial charge < -0.3 is 4.90 Å². The van der Waals surface area contributed by atoms with E-state index in [1.807, 2.05) is 0 Å². The van der Waals surface area contributed by atoms with Crippen LogP contribution in [0.15, 0.2) is 24.4 Å². The minimum Gasteiger partial charge on any atom is -0.336 e. The van der Waals surface area contributed by atoms with Gasteiger partial charge in [-0.15, -0.1) is 5.10 Å². The Kier molecular flexibility index (Phi) is 4.35. The van der Waals surface area contributed by atoms with Crippen molar-refractivity contribution in [3.8, 4) is 0 Å². The van der Waals surface area contributed by atoms with E-state index in [1.165, 1.54) is 6.07 Å². The van der Waals surface area contributed by atoms with Crippen molar-refractivity contribution in [3.05, 3.63) is 41.2 Å². The molecule has 10 heteroatoms. The highest BCUT2D eigenvalue weighted by molar-refractivity contribution is 5.95. The minimum absolute atomic E-state index is 0.0981. The van der Waals surface area contributed by atoms with Gasteiger partial charge in [0, 0.05) is 26.3 Å². The van der Waals surface area contributed by atoms with E-state index in [-0.39, 0.29) is 17.5 Å². The second-order valence-electron chi connectivity index (χ2n) is 7.08. The summed E-state index contributed by atoms with van der Waals surface area (Å²) >= 11 is 0. The molecule has 0 aliphatic carbocycles. The normalized spacial score (nSPS) is 18.0. The fourth-order valence-corrected chi connectivity index (χ4v) is 3.71. The zero-order valence-electron chi connectivity index (χ0n) is 15.4. The highest BCUT2D eigenvalue weighted by Crippen LogP contribution is 2.32. The summed E-state index contributed by atoms with van der Waals surface area (Å²) in [6.45, 7) is 2.83. The molecule has 0 N–H and O–H groups in total. The van der Waals surface area contributed by atoms with Crippen molar-refractivity contribution >= 4 is 16.9 Å². The predicted octanol–water partition coefficient (Wildman–Crippen LogP) is 2.97. The van der Waals surface area contributed by atoms with Crippen LogP contribution in [0.2, 0.25) is 0 Å². The van der Waals surface area contributed by atoms with Gasteiger partial charge in [0.25, 0.3) is 5.91 Å². The molecule has 1 aromatic carbocycles. The molecule has 1 fully saturated rings.